The van der Waals surface area contributed by atoms with E-state index in [2.05, 4.69) is 0 Å². The molecule has 0 amide bonds. The summed E-state index contributed by atoms with van der Waals surface area (Å²) in [5, 5.41) is 34.7. The Morgan fingerprint density at radius 1 is 0.621 bits per heavy atom. The van der Waals surface area contributed by atoms with Crippen molar-refractivity contribution in [3.05, 3.63) is 56.6 Å². The summed E-state index contributed by atoms with van der Waals surface area (Å²) in [5.41, 5.74) is -3.56. The van der Waals surface area contributed by atoms with Crippen LogP contribution in [0.3, 0.4) is 0 Å². The van der Waals surface area contributed by atoms with Crippen molar-refractivity contribution in [1.29, 1.82) is 0 Å². The minimum absolute atomic E-state index is 0.697. The molecular weight excluding hydrogens is 455 g/mol. The Balaban J connectivity index is 2.88. The zero-order valence-electron chi connectivity index (χ0n) is 13.7. The maximum Gasteiger partial charge on any atom is 0.338 e. The maximum atomic E-state index is 12.9. The first-order valence-corrected chi connectivity index (χ1v) is 9.39. The van der Waals surface area contributed by atoms with Gasteiger partial charge in [-0.2, -0.15) is 0 Å². The predicted octanol–water partition coefficient (Wildman–Crippen LogP) is 2.62. The van der Waals surface area contributed by atoms with Crippen molar-refractivity contribution in [1.82, 2.24) is 0 Å². The van der Waals surface area contributed by atoms with Gasteiger partial charge in [0.1, 0.15) is 0 Å². The van der Waals surface area contributed by atoms with Gasteiger partial charge in [-0.15, -0.1) is 0 Å². The molecule has 0 aliphatic carbocycles. The number of hydrogen-bond donors (Lipinski definition) is 4. The van der Waals surface area contributed by atoms with Crippen LogP contribution in [-0.4, -0.2) is 52.7 Å². The van der Waals surface area contributed by atoms with Crippen molar-refractivity contribution in [2.24, 2.45) is 0 Å². The van der Waals surface area contributed by atoms with Crippen molar-refractivity contribution in [2.75, 3.05) is 0 Å². The maximum absolute atomic E-state index is 12.9. The molecule has 0 unspecified atom stereocenters. The standard InChI is InChI=1S/C16H8Cl2O10S/c17-11-7(3-1-5(13(19)20)9(11)15(23)24)29(27,28)8-4-2-6(14(21)22)10(12(8)18)16(25)26/h1-4H,(H,19,20)(H,21,22)(H,23,24)(H,25,26). The number of aromatic carboxylic acids is 4. The van der Waals surface area contributed by atoms with Gasteiger partial charge in [-0.05, 0) is 24.3 Å². The molecule has 0 aromatic heterocycles. The van der Waals surface area contributed by atoms with E-state index in [1.165, 1.54) is 0 Å². The summed E-state index contributed by atoms with van der Waals surface area (Å²) >= 11 is 11.7. The first-order valence-electron chi connectivity index (χ1n) is 7.15. The Bertz CT molecular complexity index is 1110. The zero-order chi connectivity index (χ0) is 22.3. The molecule has 0 spiro atoms. The quantitative estimate of drug-likeness (QED) is 0.497. The molecule has 13 heteroatoms. The van der Waals surface area contributed by atoms with E-state index in [4.69, 9.17) is 33.4 Å². The summed E-state index contributed by atoms with van der Waals surface area (Å²) in [6.45, 7) is 0. The number of carboxylic acid groups (broad SMARTS) is 4. The number of carbonyl (C=O) groups is 4. The van der Waals surface area contributed by atoms with E-state index < -0.39 is 75.8 Å². The third kappa shape index (κ3) is 3.75. The first-order chi connectivity index (χ1) is 13.3. The summed E-state index contributed by atoms with van der Waals surface area (Å²) in [7, 11) is -4.77. The molecule has 10 nitrogen and oxygen atoms in total. The highest BCUT2D eigenvalue weighted by molar-refractivity contribution is 7.91. The lowest BCUT2D eigenvalue weighted by Crippen LogP contribution is -2.15. The van der Waals surface area contributed by atoms with Gasteiger partial charge in [0, 0.05) is 0 Å². The lowest BCUT2D eigenvalue weighted by atomic mass is 10.1. The Labute approximate surface area is 171 Å². The second kappa shape index (κ2) is 7.70. The van der Waals surface area contributed by atoms with Gasteiger partial charge in [0.25, 0.3) is 0 Å². The lowest BCUT2D eigenvalue weighted by Gasteiger charge is -2.13. The van der Waals surface area contributed by atoms with Crippen LogP contribution in [0.4, 0.5) is 0 Å². The van der Waals surface area contributed by atoms with Gasteiger partial charge in [-0.3, -0.25) is 0 Å². The van der Waals surface area contributed by atoms with Crippen LogP contribution in [0.15, 0.2) is 34.1 Å². The fourth-order valence-electron chi connectivity index (χ4n) is 2.42. The monoisotopic (exact) mass is 462 g/mol. The molecule has 0 fully saturated rings. The van der Waals surface area contributed by atoms with Crippen molar-refractivity contribution in [2.45, 2.75) is 9.79 Å². The van der Waals surface area contributed by atoms with Crippen LogP contribution in [-0.2, 0) is 9.84 Å². The van der Waals surface area contributed by atoms with E-state index in [-0.39, 0.29) is 0 Å². The Morgan fingerprint density at radius 2 is 0.931 bits per heavy atom. The molecule has 2 aromatic rings. The van der Waals surface area contributed by atoms with Crippen LogP contribution in [0, 0.1) is 0 Å². The third-order valence-electron chi connectivity index (χ3n) is 3.68. The molecule has 2 rings (SSSR count). The van der Waals surface area contributed by atoms with Crippen LogP contribution < -0.4 is 0 Å². The van der Waals surface area contributed by atoms with E-state index in [0.717, 1.165) is 12.1 Å². The normalized spacial score (nSPS) is 11.1. The number of carboxylic acids is 4. The highest BCUT2D eigenvalue weighted by Crippen LogP contribution is 2.37. The average Bonchev–Trinajstić information content (AvgIpc) is 2.59. The summed E-state index contributed by atoms with van der Waals surface area (Å²) in [6.07, 6.45) is 0. The van der Waals surface area contributed by atoms with E-state index in [1.807, 2.05) is 0 Å². The molecule has 4 N–H and O–H groups in total. The number of benzene rings is 2. The van der Waals surface area contributed by atoms with Crippen molar-refractivity contribution in [3.63, 3.8) is 0 Å². The topological polar surface area (TPSA) is 183 Å². The summed E-state index contributed by atoms with van der Waals surface area (Å²) < 4.78 is 25.9. The number of rotatable bonds is 6. The lowest BCUT2D eigenvalue weighted by molar-refractivity contribution is 0.0651. The van der Waals surface area contributed by atoms with Gasteiger partial charge < -0.3 is 20.4 Å². The first kappa shape index (κ1) is 22.1. The van der Waals surface area contributed by atoms with Gasteiger partial charge in [-0.1, -0.05) is 23.2 Å². The average molecular weight is 463 g/mol. The molecule has 0 atom stereocenters. The largest absolute Gasteiger partial charge is 0.478 e. The van der Waals surface area contributed by atoms with Crippen LogP contribution in [0.1, 0.15) is 41.4 Å². The van der Waals surface area contributed by atoms with Crippen LogP contribution in [0.2, 0.25) is 10.0 Å². The number of hydrogen-bond acceptors (Lipinski definition) is 6. The molecule has 0 aliphatic heterocycles. The molecule has 29 heavy (non-hydrogen) atoms. The van der Waals surface area contributed by atoms with E-state index in [0.29, 0.717) is 12.1 Å². The molecule has 0 saturated heterocycles. The highest BCUT2D eigenvalue weighted by Gasteiger charge is 2.32. The summed E-state index contributed by atoms with van der Waals surface area (Å²) in [5.74, 6) is -6.98. The predicted molar refractivity (Wildman–Crippen MR) is 96.2 cm³/mol. The molecule has 0 aliphatic rings. The van der Waals surface area contributed by atoms with Crippen molar-refractivity contribution < 1.29 is 48.0 Å². The Kier molecular flexibility index (Phi) is 5.88. The van der Waals surface area contributed by atoms with Crippen LogP contribution in [0.5, 0.6) is 0 Å². The van der Waals surface area contributed by atoms with Gasteiger partial charge in [0.15, 0.2) is 0 Å². The smallest absolute Gasteiger partial charge is 0.338 e. The minimum atomic E-state index is -4.77. The van der Waals surface area contributed by atoms with Crippen molar-refractivity contribution >= 4 is 56.9 Å². The van der Waals surface area contributed by atoms with E-state index in [9.17, 15) is 37.8 Å². The van der Waals surface area contributed by atoms with E-state index in [1.54, 1.807) is 0 Å². The second-order valence-corrected chi connectivity index (χ2v) is 7.97. The Hall–Kier alpha value is -3.15. The van der Waals surface area contributed by atoms with Crippen LogP contribution >= 0.6 is 23.2 Å². The minimum Gasteiger partial charge on any atom is -0.478 e. The fourth-order valence-corrected chi connectivity index (χ4v) is 4.93. The Morgan fingerprint density at radius 3 is 1.17 bits per heavy atom. The van der Waals surface area contributed by atoms with E-state index >= 15 is 0 Å². The SMILES string of the molecule is O=C(O)c1ccc(S(=O)(=O)c2ccc(C(=O)O)c(C(=O)O)c2Cl)c(Cl)c1C(=O)O. The summed E-state index contributed by atoms with van der Waals surface area (Å²) in [4.78, 5) is 43.4. The van der Waals surface area contributed by atoms with Gasteiger partial charge in [-0.25, -0.2) is 27.6 Å². The van der Waals surface area contributed by atoms with Gasteiger partial charge in [0.2, 0.25) is 9.84 Å². The molecule has 0 saturated carbocycles. The van der Waals surface area contributed by atoms with Crippen LogP contribution in [0.25, 0.3) is 0 Å². The van der Waals surface area contributed by atoms with Crippen molar-refractivity contribution in [3.8, 4) is 0 Å². The molecule has 0 radical (unpaired) electrons. The van der Waals surface area contributed by atoms with Gasteiger partial charge in [0.05, 0.1) is 42.1 Å². The molecule has 152 valence electrons. The second-order valence-electron chi connectivity index (χ2n) is 5.32. The van der Waals surface area contributed by atoms with Gasteiger partial charge >= 0.3 is 23.9 Å². The number of halogens is 2. The summed E-state index contributed by atoms with van der Waals surface area (Å²) in [6, 6.07) is 2.83. The zero-order valence-corrected chi connectivity index (χ0v) is 16.0. The molecule has 2 aromatic carbocycles. The number of sulfone groups is 1. The third-order valence-corrected chi connectivity index (χ3v) is 6.53. The fraction of sp³-hybridized carbons (Fsp3) is 0. The molecular formula is C16H8Cl2O10S. The molecule has 0 bridgehead atoms. The highest BCUT2D eigenvalue weighted by atomic mass is 35.5. The molecule has 0 heterocycles.